The fraction of sp³-hybridized carbons (Fsp3) is 0.333. The molecule has 0 aliphatic rings. The molecule has 0 spiro atoms. The van der Waals surface area contributed by atoms with Gasteiger partial charge in [0, 0.05) is 24.6 Å². The first-order chi connectivity index (χ1) is 10.6. The number of rotatable bonds is 7. The molecular weight excluding hydrogens is 294 g/mol. The predicted molar refractivity (Wildman–Crippen MR) is 90.4 cm³/mol. The molecule has 1 aromatic rings. The summed E-state index contributed by atoms with van der Waals surface area (Å²) in [4.78, 5) is 0.117. The van der Waals surface area contributed by atoms with Gasteiger partial charge in [-0.05, 0) is 25.0 Å². The Labute approximate surface area is 134 Å². The number of terminal acetylenes is 1. The van der Waals surface area contributed by atoms with Gasteiger partial charge in [-0.15, -0.1) is 13.0 Å². The van der Waals surface area contributed by atoms with Crippen LogP contribution in [-0.4, -0.2) is 19.3 Å². The molecule has 0 N–H and O–H groups in total. The van der Waals surface area contributed by atoms with E-state index in [1.165, 1.54) is 10.4 Å². The summed E-state index contributed by atoms with van der Waals surface area (Å²) >= 11 is 0. The zero-order valence-corrected chi connectivity index (χ0v) is 13.7. The highest BCUT2D eigenvalue weighted by atomic mass is 32.2. The van der Waals surface area contributed by atoms with Crippen LogP contribution in [0.5, 0.6) is 0 Å². The maximum atomic E-state index is 12.8. The van der Waals surface area contributed by atoms with Crippen molar-refractivity contribution < 1.29 is 8.42 Å². The van der Waals surface area contributed by atoms with Gasteiger partial charge in [-0.2, -0.15) is 0 Å². The van der Waals surface area contributed by atoms with Gasteiger partial charge >= 0.3 is 0 Å². The van der Waals surface area contributed by atoms with Crippen LogP contribution in [0.15, 0.2) is 41.8 Å². The molecule has 1 rings (SSSR count). The minimum atomic E-state index is -3.73. The van der Waals surface area contributed by atoms with Crippen LogP contribution < -0.4 is 0 Å². The summed E-state index contributed by atoms with van der Waals surface area (Å²) in [7, 11) is -3.73. The molecule has 0 atom stereocenters. The summed E-state index contributed by atoms with van der Waals surface area (Å²) in [5.74, 6) is 5.33. The molecule has 0 saturated heterocycles. The van der Waals surface area contributed by atoms with E-state index in [0.29, 0.717) is 18.4 Å². The molecule has 0 amide bonds. The lowest BCUT2D eigenvalue weighted by molar-refractivity contribution is 0.514. The van der Waals surface area contributed by atoms with Crippen LogP contribution in [0.25, 0.3) is 0 Å². The number of hydrogen-bond acceptors (Lipinski definition) is 2. The summed E-state index contributed by atoms with van der Waals surface area (Å²) in [5, 5.41) is 0. The second kappa shape index (κ2) is 8.97. The van der Waals surface area contributed by atoms with Crippen molar-refractivity contribution in [1.82, 2.24) is 4.31 Å². The molecule has 0 fully saturated rings. The molecule has 0 aromatic heterocycles. The van der Waals surface area contributed by atoms with Crippen molar-refractivity contribution in [1.29, 1.82) is 0 Å². The third-order valence-electron chi connectivity index (χ3n) is 3.01. The number of benzene rings is 1. The molecule has 0 saturated carbocycles. The highest BCUT2D eigenvalue weighted by molar-refractivity contribution is 7.89. The molecule has 0 unspecified atom stereocenters. The highest BCUT2D eigenvalue weighted by Crippen LogP contribution is 2.19. The molecular formula is C18H21NO2S. The minimum absolute atomic E-state index is 0.117. The summed E-state index contributed by atoms with van der Waals surface area (Å²) in [5.41, 5.74) is 0.349. The van der Waals surface area contributed by atoms with Gasteiger partial charge in [-0.1, -0.05) is 43.4 Å². The summed E-state index contributed by atoms with van der Waals surface area (Å²) in [6, 6.07) is 9.26. The van der Waals surface area contributed by atoms with Gasteiger partial charge in [-0.25, -0.2) is 12.7 Å². The van der Waals surface area contributed by atoms with E-state index in [-0.39, 0.29) is 11.4 Å². The molecule has 0 bridgehead atoms. The monoisotopic (exact) mass is 315 g/mol. The van der Waals surface area contributed by atoms with Crippen LogP contribution in [0.4, 0.5) is 0 Å². The number of unbranched alkanes of at least 4 members (excludes halogenated alkanes) is 2. The predicted octanol–water partition coefficient (Wildman–Crippen LogP) is 3.39. The van der Waals surface area contributed by atoms with Crippen LogP contribution in [0, 0.1) is 24.3 Å². The van der Waals surface area contributed by atoms with E-state index in [4.69, 9.17) is 6.42 Å². The highest BCUT2D eigenvalue weighted by Gasteiger charge is 2.23. The lowest BCUT2D eigenvalue weighted by Gasteiger charge is -2.18. The SMILES string of the molecule is C#Cc1ccccc1S(=O)(=O)N(C#CCCCC)CCC=C. The second-order valence-corrected chi connectivity index (χ2v) is 6.52. The van der Waals surface area contributed by atoms with E-state index < -0.39 is 10.0 Å². The summed E-state index contributed by atoms with van der Waals surface area (Å²) in [6.07, 6.45) is 10.2. The Balaban J connectivity index is 3.17. The topological polar surface area (TPSA) is 37.4 Å². The van der Waals surface area contributed by atoms with Crippen LogP contribution in [0.1, 0.15) is 38.2 Å². The molecule has 0 aliphatic carbocycles. The van der Waals surface area contributed by atoms with E-state index in [2.05, 4.69) is 31.4 Å². The minimum Gasteiger partial charge on any atom is -0.224 e. The fourth-order valence-electron chi connectivity index (χ4n) is 1.78. The van der Waals surface area contributed by atoms with Crippen molar-refractivity contribution in [3.63, 3.8) is 0 Å². The third-order valence-corrected chi connectivity index (χ3v) is 4.77. The van der Waals surface area contributed by atoms with Gasteiger partial charge in [0.2, 0.25) is 0 Å². The second-order valence-electron chi connectivity index (χ2n) is 4.69. The molecule has 0 aliphatic heterocycles. The van der Waals surface area contributed by atoms with Gasteiger partial charge < -0.3 is 0 Å². The molecule has 116 valence electrons. The van der Waals surface area contributed by atoms with Crippen molar-refractivity contribution in [2.75, 3.05) is 6.54 Å². The zero-order chi connectivity index (χ0) is 16.4. The fourth-order valence-corrected chi connectivity index (χ4v) is 3.21. The van der Waals surface area contributed by atoms with Gasteiger partial charge in [-0.3, -0.25) is 0 Å². The third kappa shape index (κ3) is 4.69. The first-order valence-electron chi connectivity index (χ1n) is 7.25. The number of hydrogen-bond donors (Lipinski definition) is 0. The summed E-state index contributed by atoms with van der Waals surface area (Å²) < 4.78 is 26.7. The average molecular weight is 315 g/mol. The molecule has 3 nitrogen and oxygen atoms in total. The number of nitrogens with zero attached hydrogens (tertiary/aromatic N) is 1. The molecule has 22 heavy (non-hydrogen) atoms. The van der Waals surface area contributed by atoms with Crippen LogP contribution >= 0.6 is 0 Å². The van der Waals surface area contributed by atoms with E-state index >= 15 is 0 Å². The zero-order valence-electron chi connectivity index (χ0n) is 12.9. The van der Waals surface area contributed by atoms with Crippen LogP contribution in [-0.2, 0) is 10.0 Å². The Hall–Kier alpha value is -2.17. The van der Waals surface area contributed by atoms with Crippen molar-refractivity contribution in [2.45, 2.75) is 37.5 Å². The number of sulfonamides is 1. The Morgan fingerprint density at radius 2 is 2.09 bits per heavy atom. The molecule has 4 heteroatoms. The standard InChI is InChI=1S/C18H21NO2S/c1-4-7-9-12-16-19(15-8-5-2)22(20,21)18-14-11-10-13-17(18)6-3/h3,5,10-11,13-14H,2,4,7-9,15H2,1H3. The van der Waals surface area contributed by atoms with Crippen molar-refractivity contribution in [3.8, 4) is 24.3 Å². The van der Waals surface area contributed by atoms with Gasteiger partial charge in [0.25, 0.3) is 10.0 Å². The van der Waals surface area contributed by atoms with Crippen LogP contribution in [0.2, 0.25) is 0 Å². The largest absolute Gasteiger partial charge is 0.272 e. The average Bonchev–Trinajstić information content (AvgIpc) is 2.53. The first kappa shape index (κ1) is 17.9. The lowest BCUT2D eigenvalue weighted by atomic mass is 10.2. The molecule has 0 radical (unpaired) electrons. The van der Waals surface area contributed by atoms with Gasteiger partial charge in [0.05, 0.1) is 0 Å². The van der Waals surface area contributed by atoms with E-state index in [1.54, 1.807) is 24.3 Å². The van der Waals surface area contributed by atoms with Gasteiger partial charge in [0.15, 0.2) is 0 Å². The van der Waals surface area contributed by atoms with E-state index in [9.17, 15) is 8.42 Å². The van der Waals surface area contributed by atoms with E-state index in [1.807, 2.05) is 0 Å². The van der Waals surface area contributed by atoms with Crippen molar-refractivity contribution >= 4 is 10.0 Å². The maximum Gasteiger partial charge on any atom is 0.272 e. The van der Waals surface area contributed by atoms with Gasteiger partial charge in [0.1, 0.15) is 4.90 Å². The Kier molecular flexibility index (Phi) is 7.29. The van der Waals surface area contributed by atoms with Crippen molar-refractivity contribution in [3.05, 3.63) is 42.5 Å². The smallest absolute Gasteiger partial charge is 0.224 e. The Morgan fingerprint density at radius 3 is 2.73 bits per heavy atom. The molecule has 0 heterocycles. The normalized spacial score (nSPS) is 10.2. The van der Waals surface area contributed by atoms with Crippen LogP contribution in [0.3, 0.4) is 0 Å². The quantitative estimate of drug-likeness (QED) is 0.335. The van der Waals surface area contributed by atoms with E-state index in [0.717, 1.165) is 12.8 Å². The summed E-state index contributed by atoms with van der Waals surface area (Å²) in [6.45, 7) is 5.96. The maximum absolute atomic E-state index is 12.8. The molecule has 1 aromatic carbocycles. The Bertz CT molecular complexity index is 703. The lowest BCUT2D eigenvalue weighted by Crippen LogP contribution is -2.28. The van der Waals surface area contributed by atoms with Crippen molar-refractivity contribution in [2.24, 2.45) is 0 Å². The Morgan fingerprint density at radius 1 is 1.36 bits per heavy atom. The first-order valence-corrected chi connectivity index (χ1v) is 8.69.